The largest absolute Gasteiger partial charge is 0.378 e. The van der Waals surface area contributed by atoms with Gasteiger partial charge in [-0.3, -0.25) is 4.79 Å². The van der Waals surface area contributed by atoms with Gasteiger partial charge < -0.3 is 15.0 Å². The van der Waals surface area contributed by atoms with E-state index in [2.05, 4.69) is 43.0 Å². The van der Waals surface area contributed by atoms with Crippen LogP contribution in [0.5, 0.6) is 0 Å². The molecule has 8 nitrogen and oxygen atoms in total. The van der Waals surface area contributed by atoms with Gasteiger partial charge in [0.15, 0.2) is 10.8 Å². The van der Waals surface area contributed by atoms with Crippen molar-refractivity contribution in [1.29, 1.82) is 0 Å². The van der Waals surface area contributed by atoms with Gasteiger partial charge in [-0.05, 0) is 11.2 Å². The van der Waals surface area contributed by atoms with Crippen molar-refractivity contribution in [2.45, 2.75) is 45.8 Å². The Kier molecular flexibility index (Phi) is 6.77. The van der Waals surface area contributed by atoms with E-state index >= 15 is 0 Å². The minimum atomic E-state index is -0.0188. The van der Waals surface area contributed by atoms with Crippen LogP contribution in [0.15, 0.2) is 11.4 Å². The highest BCUT2D eigenvalue weighted by Crippen LogP contribution is 2.27. The van der Waals surface area contributed by atoms with E-state index in [0.717, 1.165) is 40.9 Å². The number of amides is 1. The zero-order chi connectivity index (χ0) is 20.1. The van der Waals surface area contributed by atoms with E-state index in [0.29, 0.717) is 32.7 Å². The van der Waals surface area contributed by atoms with E-state index in [-0.39, 0.29) is 11.3 Å². The zero-order valence-electron chi connectivity index (χ0n) is 17.2. The Morgan fingerprint density at radius 2 is 2.04 bits per heavy atom. The Balaban J connectivity index is 1.78. The predicted molar refractivity (Wildman–Crippen MR) is 112 cm³/mol. The van der Waals surface area contributed by atoms with Gasteiger partial charge in [0.2, 0.25) is 5.91 Å². The van der Waals surface area contributed by atoms with Crippen LogP contribution >= 0.6 is 11.8 Å². The summed E-state index contributed by atoms with van der Waals surface area (Å²) in [4.78, 5) is 23.8. The van der Waals surface area contributed by atoms with E-state index in [4.69, 9.17) is 14.7 Å². The molecule has 154 valence electrons. The molecule has 0 aliphatic carbocycles. The molecule has 1 N–H and O–H groups in total. The van der Waals surface area contributed by atoms with Gasteiger partial charge in [-0.25, -0.2) is 14.6 Å². The van der Waals surface area contributed by atoms with Gasteiger partial charge in [0.25, 0.3) is 0 Å². The van der Waals surface area contributed by atoms with Crippen LogP contribution in [-0.4, -0.2) is 64.3 Å². The first-order valence-electron chi connectivity index (χ1n) is 9.83. The molecule has 2 aromatic heterocycles. The minimum Gasteiger partial charge on any atom is -0.378 e. The molecule has 1 saturated heterocycles. The van der Waals surface area contributed by atoms with Crippen LogP contribution in [0.2, 0.25) is 0 Å². The molecule has 0 aromatic carbocycles. The maximum Gasteiger partial charge on any atom is 0.220 e. The molecule has 1 aliphatic rings. The number of rotatable bonds is 7. The number of carbonyl (C=O) groups is 1. The molecule has 0 atom stereocenters. The first-order chi connectivity index (χ1) is 13.4. The van der Waals surface area contributed by atoms with E-state index < -0.39 is 0 Å². The number of nitrogens with one attached hydrogen (secondary N) is 1. The molecule has 0 bridgehead atoms. The molecule has 0 spiro atoms. The molecule has 28 heavy (non-hydrogen) atoms. The molecule has 9 heteroatoms. The van der Waals surface area contributed by atoms with E-state index in [1.54, 1.807) is 11.8 Å². The first-order valence-corrected chi connectivity index (χ1v) is 10.8. The summed E-state index contributed by atoms with van der Waals surface area (Å²) in [6.45, 7) is 12.4. The number of anilines is 1. The fourth-order valence-corrected chi connectivity index (χ4v) is 3.70. The Morgan fingerprint density at radius 1 is 1.29 bits per heavy atom. The lowest BCUT2D eigenvalue weighted by Gasteiger charge is -2.28. The molecule has 1 amide bonds. The van der Waals surface area contributed by atoms with Crippen molar-refractivity contribution >= 4 is 34.5 Å². The quantitative estimate of drug-likeness (QED) is 0.558. The number of morpholine rings is 1. The van der Waals surface area contributed by atoms with Crippen LogP contribution in [0.4, 0.5) is 5.82 Å². The second kappa shape index (κ2) is 9.09. The second-order valence-corrected chi connectivity index (χ2v) is 9.29. The Bertz CT molecular complexity index is 811. The lowest BCUT2D eigenvalue weighted by atomic mass is 9.92. The Hall–Kier alpha value is -1.87. The summed E-state index contributed by atoms with van der Waals surface area (Å²) in [5.74, 6) is 1.90. The topological polar surface area (TPSA) is 85.2 Å². The highest BCUT2D eigenvalue weighted by molar-refractivity contribution is 7.99. The van der Waals surface area contributed by atoms with Gasteiger partial charge in [-0.1, -0.05) is 39.5 Å². The number of thioether (sulfide) groups is 1. The zero-order valence-corrected chi connectivity index (χ0v) is 18.0. The van der Waals surface area contributed by atoms with E-state index in [9.17, 15) is 4.79 Å². The first kappa shape index (κ1) is 20.9. The molecular formula is C19H30N6O2S. The maximum absolute atomic E-state index is 12.1. The predicted octanol–water partition coefficient (Wildman–Crippen LogP) is 2.33. The smallest absolute Gasteiger partial charge is 0.220 e. The minimum absolute atomic E-state index is 0.0188. The Labute approximate surface area is 170 Å². The number of aromatic nitrogens is 4. The number of nitrogens with zero attached hydrogens (tertiary/aromatic N) is 5. The summed E-state index contributed by atoms with van der Waals surface area (Å²) in [5.41, 5.74) is 0.798. The SMILES string of the molecule is CCSc1nc(N2CCOCC2)c2cnn(CCNC(=O)CC(C)(C)C)c2n1. The Morgan fingerprint density at radius 3 is 2.71 bits per heavy atom. The molecule has 0 radical (unpaired) electrons. The van der Waals surface area contributed by atoms with Gasteiger partial charge in [-0.2, -0.15) is 5.10 Å². The van der Waals surface area contributed by atoms with Crippen LogP contribution in [-0.2, 0) is 16.1 Å². The highest BCUT2D eigenvalue weighted by atomic mass is 32.2. The molecule has 3 heterocycles. The van der Waals surface area contributed by atoms with Crippen LogP contribution in [0.3, 0.4) is 0 Å². The summed E-state index contributed by atoms with van der Waals surface area (Å²) in [6, 6.07) is 0. The third-order valence-electron chi connectivity index (χ3n) is 4.38. The maximum atomic E-state index is 12.1. The average Bonchev–Trinajstić information content (AvgIpc) is 3.04. The number of carbonyl (C=O) groups excluding carboxylic acids is 1. The van der Waals surface area contributed by atoms with Gasteiger partial charge >= 0.3 is 0 Å². The third-order valence-corrected chi connectivity index (χ3v) is 5.11. The number of fused-ring (bicyclic) bond motifs is 1. The average molecular weight is 407 g/mol. The van der Waals surface area contributed by atoms with Crippen LogP contribution in [0.25, 0.3) is 11.0 Å². The van der Waals surface area contributed by atoms with Gasteiger partial charge in [0.05, 0.1) is 31.3 Å². The molecule has 0 saturated carbocycles. The van der Waals surface area contributed by atoms with Crippen molar-refractivity contribution in [1.82, 2.24) is 25.1 Å². The van der Waals surface area contributed by atoms with Crippen LogP contribution < -0.4 is 10.2 Å². The fraction of sp³-hybridized carbons (Fsp3) is 0.684. The molecular weight excluding hydrogens is 376 g/mol. The fourth-order valence-electron chi connectivity index (χ4n) is 3.14. The van der Waals surface area contributed by atoms with E-state index in [1.165, 1.54) is 0 Å². The van der Waals surface area contributed by atoms with Crippen molar-refractivity contribution in [2.75, 3.05) is 43.5 Å². The normalized spacial score (nSPS) is 15.2. The summed E-state index contributed by atoms with van der Waals surface area (Å²) < 4.78 is 7.33. The van der Waals surface area contributed by atoms with E-state index in [1.807, 2.05) is 10.9 Å². The van der Waals surface area contributed by atoms with Crippen molar-refractivity contribution in [3.05, 3.63) is 6.20 Å². The summed E-state index contributed by atoms with van der Waals surface area (Å²) in [6.07, 6.45) is 2.34. The second-order valence-electron chi connectivity index (χ2n) is 8.05. The van der Waals surface area contributed by atoms with Gasteiger partial charge in [-0.15, -0.1) is 0 Å². The highest BCUT2D eigenvalue weighted by Gasteiger charge is 2.20. The standard InChI is InChI=1S/C19H30N6O2S/c1-5-28-18-22-16(24-8-10-27-11-9-24)14-13-21-25(17(14)23-18)7-6-20-15(26)12-19(2,3)4/h13H,5-12H2,1-4H3,(H,20,26). The molecule has 2 aromatic rings. The molecule has 1 aliphatic heterocycles. The summed E-state index contributed by atoms with van der Waals surface area (Å²) in [7, 11) is 0. The van der Waals surface area contributed by atoms with Gasteiger partial charge in [0.1, 0.15) is 5.82 Å². The monoisotopic (exact) mass is 406 g/mol. The summed E-state index contributed by atoms with van der Waals surface area (Å²) in [5, 5.41) is 9.21. The lowest BCUT2D eigenvalue weighted by molar-refractivity contribution is -0.122. The number of ether oxygens (including phenoxy) is 1. The summed E-state index contributed by atoms with van der Waals surface area (Å²) >= 11 is 1.62. The lowest BCUT2D eigenvalue weighted by Crippen LogP contribution is -2.37. The third kappa shape index (κ3) is 5.35. The van der Waals surface area contributed by atoms with Crippen molar-refractivity contribution in [3.8, 4) is 0 Å². The molecule has 1 fully saturated rings. The van der Waals surface area contributed by atoms with Crippen molar-refractivity contribution < 1.29 is 9.53 Å². The van der Waals surface area contributed by atoms with Crippen LogP contribution in [0, 0.1) is 5.41 Å². The van der Waals surface area contributed by atoms with Crippen LogP contribution in [0.1, 0.15) is 34.1 Å². The van der Waals surface area contributed by atoms with Crippen molar-refractivity contribution in [3.63, 3.8) is 0 Å². The van der Waals surface area contributed by atoms with Gasteiger partial charge in [0, 0.05) is 26.1 Å². The van der Waals surface area contributed by atoms with Crippen molar-refractivity contribution in [2.24, 2.45) is 5.41 Å². The molecule has 0 unspecified atom stereocenters. The number of hydrogen-bond donors (Lipinski definition) is 1. The number of hydrogen-bond acceptors (Lipinski definition) is 7. The molecule has 3 rings (SSSR count).